The summed E-state index contributed by atoms with van der Waals surface area (Å²) in [5.74, 6) is 0. The van der Waals surface area contributed by atoms with Gasteiger partial charge in [0.05, 0.1) is 0 Å². The van der Waals surface area contributed by atoms with Gasteiger partial charge in [-0.2, -0.15) is 0 Å². The molecule has 0 N–H and O–H groups in total. The molecule has 3 rings (SSSR count). The minimum atomic E-state index is 0.987. The van der Waals surface area contributed by atoms with Gasteiger partial charge < -0.3 is 0 Å². The highest BCUT2D eigenvalue weighted by atomic mass is 31.0. The van der Waals surface area contributed by atoms with Gasteiger partial charge in [-0.05, 0) is 76.0 Å². The van der Waals surface area contributed by atoms with E-state index in [4.69, 9.17) is 0 Å². The van der Waals surface area contributed by atoms with E-state index in [0.29, 0.717) is 0 Å². The summed E-state index contributed by atoms with van der Waals surface area (Å²) in [4.78, 5) is 0. The van der Waals surface area contributed by atoms with Crippen LogP contribution in [-0.2, 0) is 18.5 Å². The van der Waals surface area contributed by atoms with Crippen LogP contribution in [0.3, 0.4) is 0 Å². The van der Waals surface area contributed by atoms with Crippen molar-refractivity contribution in [2.24, 2.45) is 0 Å². The zero-order valence-electron chi connectivity index (χ0n) is 14.6. The van der Waals surface area contributed by atoms with Crippen molar-refractivity contribution < 1.29 is 0 Å². The van der Waals surface area contributed by atoms with Crippen LogP contribution in [0.25, 0.3) is 22.3 Å². The van der Waals surface area contributed by atoms with Crippen molar-refractivity contribution in [3.05, 3.63) is 82.9 Å². The maximum atomic E-state index is 2.83. The maximum absolute atomic E-state index is 2.83. The quantitative estimate of drug-likeness (QED) is 0.445. The Morgan fingerprint density at radius 3 is 1.52 bits per heavy atom. The van der Waals surface area contributed by atoms with Gasteiger partial charge in [-0.3, -0.25) is 0 Å². The largest absolute Gasteiger partial charge is 0.133 e. The van der Waals surface area contributed by atoms with Crippen molar-refractivity contribution in [2.75, 3.05) is 0 Å². The fraction of sp³-hybridized carbons (Fsp3) is 0.182. The Kier molecular flexibility index (Phi) is 6.41. The van der Waals surface area contributed by atoms with Gasteiger partial charge in [-0.15, -0.1) is 27.7 Å². The molecule has 3 unspecified atom stereocenters. The summed E-state index contributed by atoms with van der Waals surface area (Å²) in [6, 6.07) is 22.7. The second-order valence-electron chi connectivity index (χ2n) is 6.44. The minimum absolute atomic E-state index is 0.987. The van der Waals surface area contributed by atoms with Gasteiger partial charge in [0.25, 0.3) is 0 Å². The van der Waals surface area contributed by atoms with E-state index in [-0.39, 0.29) is 0 Å². The Bertz CT molecular complexity index is 845. The van der Waals surface area contributed by atoms with Crippen LogP contribution in [-0.4, -0.2) is 0 Å². The molecule has 0 spiro atoms. The third kappa shape index (κ3) is 4.57. The third-order valence-corrected chi connectivity index (χ3v) is 5.87. The summed E-state index contributed by atoms with van der Waals surface area (Å²) >= 11 is 0. The van der Waals surface area contributed by atoms with Gasteiger partial charge >= 0.3 is 0 Å². The minimum Gasteiger partial charge on any atom is -0.133 e. The Morgan fingerprint density at radius 2 is 1.00 bits per heavy atom. The molecule has 0 saturated heterocycles. The van der Waals surface area contributed by atoms with Crippen molar-refractivity contribution in [2.45, 2.75) is 25.4 Å². The first-order valence-corrected chi connectivity index (χ1v) is 11.0. The lowest BCUT2D eigenvalue weighted by Gasteiger charge is -2.12. The van der Waals surface area contributed by atoms with Crippen molar-refractivity contribution in [3.63, 3.8) is 0 Å². The van der Waals surface area contributed by atoms with E-state index in [1.807, 2.05) is 0 Å². The highest BCUT2D eigenvalue weighted by Crippen LogP contribution is 2.30. The van der Waals surface area contributed by atoms with Crippen LogP contribution in [0.5, 0.6) is 0 Å². The topological polar surface area (TPSA) is 0 Å². The molecule has 3 heteroatoms. The zero-order valence-corrected chi connectivity index (χ0v) is 18.1. The number of aryl methyl sites for hydroxylation is 1. The highest BCUT2D eigenvalue weighted by molar-refractivity contribution is 7.15. The maximum Gasteiger partial charge on any atom is -0.0128 e. The first-order chi connectivity index (χ1) is 12.1. The summed E-state index contributed by atoms with van der Waals surface area (Å²) in [5.41, 5.74) is 10.6. The Morgan fingerprint density at radius 1 is 0.520 bits per heavy atom. The Hall–Kier alpha value is -1.05. The lowest BCUT2D eigenvalue weighted by Crippen LogP contribution is -1.89. The second kappa shape index (κ2) is 8.56. The van der Waals surface area contributed by atoms with Crippen LogP contribution in [0.2, 0.25) is 0 Å². The van der Waals surface area contributed by atoms with Crippen LogP contribution < -0.4 is 0 Å². The van der Waals surface area contributed by atoms with Gasteiger partial charge in [-0.1, -0.05) is 54.6 Å². The molecule has 0 aliphatic heterocycles. The molecule has 0 radical (unpaired) electrons. The zero-order chi connectivity index (χ0) is 17.8. The molecule has 0 fully saturated rings. The van der Waals surface area contributed by atoms with E-state index in [0.717, 1.165) is 18.5 Å². The fourth-order valence-corrected chi connectivity index (χ4v) is 3.86. The van der Waals surface area contributed by atoms with Crippen molar-refractivity contribution >= 4 is 27.7 Å². The van der Waals surface area contributed by atoms with E-state index in [1.54, 1.807) is 0 Å². The summed E-state index contributed by atoms with van der Waals surface area (Å²) in [5, 5.41) is 0. The number of rotatable bonds is 5. The van der Waals surface area contributed by atoms with Crippen LogP contribution in [0.15, 0.2) is 60.7 Å². The van der Waals surface area contributed by atoms with Crippen LogP contribution >= 0.6 is 27.7 Å². The molecular weight excluding hydrogens is 357 g/mol. The molecule has 3 aromatic rings. The standard InChI is InChI=1S/C22H25P3/c1-15-6-20(19-4-2-16(12-23)3-5-19)11-21(7-15)22-9-17(13-24)8-18(10-22)14-25/h2-11H,12-14,23-25H2,1H3. The normalized spacial score (nSPS) is 10.9. The van der Waals surface area contributed by atoms with E-state index in [1.165, 1.54) is 44.5 Å². The molecule has 0 aliphatic rings. The predicted octanol–water partition coefficient (Wildman–Crippen LogP) is 6.45. The lowest BCUT2D eigenvalue weighted by atomic mass is 9.94. The average molecular weight is 382 g/mol. The van der Waals surface area contributed by atoms with Gasteiger partial charge in [0, 0.05) is 0 Å². The summed E-state index contributed by atoms with van der Waals surface area (Å²) in [7, 11) is 8.45. The molecule has 128 valence electrons. The fourth-order valence-electron chi connectivity index (χ4n) is 3.11. The number of hydrogen-bond acceptors (Lipinski definition) is 0. The van der Waals surface area contributed by atoms with E-state index in [9.17, 15) is 0 Å². The molecule has 0 heterocycles. The molecule has 0 bridgehead atoms. The molecular formula is C22H25P3. The monoisotopic (exact) mass is 382 g/mol. The summed E-state index contributed by atoms with van der Waals surface area (Å²) < 4.78 is 0. The number of benzene rings is 3. The van der Waals surface area contributed by atoms with Crippen LogP contribution in [0, 0.1) is 6.92 Å². The molecule has 25 heavy (non-hydrogen) atoms. The molecule has 0 nitrogen and oxygen atoms in total. The summed E-state index contributed by atoms with van der Waals surface area (Å²) in [6.45, 7) is 2.18. The molecule has 3 atom stereocenters. The Balaban J connectivity index is 2.07. The SMILES string of the molecule is Cc1cc(-c2ccc(CP)cc2)cc(-c2cc(CP)cc(CP)c2)c1. The van der Waals surface area contributed by atoms with Crippen molar-refractivity contribution in [1.29, 1.82) is 0 Å². The Labute approximate surface area is 158 Å². The first-order valence-electron chi connectivity index (χ1n) is 8.57. The van der Waals surface area contributed by atoms with Gasteiger partial charge in [0.15, 0.2) is 0 Å². The van der Waals surface area contributed by atoms with E-state index < -0.39 is 0 Å². The van der Waals surface area contributed by atoms with Gasteiger partial charge in [0.1, 0.15) is 0 Å². The van der Waals surface area contributed by atoms with Crippen LogP contribution in [0.4, 0.5) is 0 Å². The van der Waals surface area contributed by atoms with E-state index >= 15 is 0 Å². The molecule has 0 aliphatic carbocycles. The van der Waals surface area contributed by atoms with Crippen molar-refractivity contribution in [1.82, 2.24) is 0 Å². The van der Waals surface area contributed by atoms with Gasteiger partial charge in [-0.25, -0.2) is 0 Å². The van der Waals surface area contributed by atoms with Crippen LogP contribution in [0.1, 0.15) is 22.3 Å². The molecule has 3 aromatic carbocycles. The van der Waals surface area contributed by atoms with Crippen molar-refractivity contribution in [3.8, 4) is 22.3 Å². The molecule has 0 amide bonds. The highest BCUT2D eigenvalue weighted by Gasteiger charge is 2.06. The summed E-state index contributed by atoms with van der Waals surface area (Å²) in [6.07, 6.45) is 2.97. The molecule has 0 aromatic heterocycles. The number of hydrogen-bond donors (Lipinski definition) is 0. The average Bonchev–Trinajstić information content (AvgIpc) is 2.67. The third-order valence-electron chi connectivity index (χ3n) is 4.46. The van der Waals surface area contributed by atoms with E-state index in [2.05, 4.69) is 95.3 Å². The molecule has 0 saturated carbocycles. The second-order valence-corrected chi connectivity index (χ2v) is 7.66. The first kappa shape index (κ1) is 18.7. The lowest BCUT2D eigenvalue weighted by molar-refractivity contribution is 1.33. The van der Waals surface area contributed by atoms with Gasteiger partial charge in [0.2, 0.25) is 0 Å². The predicted molar refractivity (Wildman–Crippen MR) is 122 cm³/mol. The smallest absolute Gasteiger partial charge is 0.0128 e.